The van der Waals surface area contributed by atoms with Gasteiger partial charge in [-0.2, -0.15) is 0 Å². The molecule has 24 heavy (non-hydrogen) atoms. The lowest BCUT2D eigenvalue weighted by molar-refractivity contribution is -0.163. The van der Waals surface area contributed by atoms with E-state index < -0.39 is 18.0 Å². The van der Waals surface area contributed by atoms with Crippen LogP contribution in [0.25, 0.3) is 0 Å². The van der Waals surface area contributed by atoms with Crippen molar-refractivity contribution in [3.05, 3.63) is 28.8 Å². The van der Waals surface area contributed by atoms with Crippen molar-refractivity contribution in [3.8, 4) is 0 Å². The van der Waals surface area contributed by atoms with Gasteiger partial charge in [-0.15, -0.1) is 11.8 Å². The van der Waals surface area contributed by atoms with E-state index in [1.165, 1.54) is 16.7 Å². The lowest BCUT2D eigenvalue weighted by Gasteiger charge is -2.46. The molecule has 0 spiro atoms. The molecule has 7 nitrogen and oxygen atoms in total. The molecule has 2 aliphatic heterocycles. The quantitative estimate of drug-likeness (QED) is 0.738. The minimum Gasteiger partial charge on any atom is -0.477 e. The number of hydrogen-bond donors (Lipinski definition) is 2. The van der Waals surface area contributed by atoms with Crippen molar-refractivity contribution in [1.29, 1.82) is 0 Å². The molecule has 4 atom stereocenters. The molecule has 3 heterocycles. The summed E-state index contributed by atoms with van der Waals surface area (Å²) < 4.78 is 1.94. The third-order valence-corrected chi connectivity index (χ3v) is 6.10. The van der Waals surface area contributed by atoms with Gasteiger partial charge in [0.05, 0.1) is 18.1 Å². The molecule has 3 rings (SSSR count). The average Bonchev–Trinajstić information content (AvgIpc) is 3.00. The van der Waals surface area contributed by atoms with Crippen molar-refractivity contribution < 1.29 is 19.8 Å². The molecule has 1 amide bonds. The first-order valence-electron chi connectivity index (χ1n) is 7.92. The standard InChI is InChI=1S/C16H21N3O4S/c1-8-12-11(9(2)20)15(21)19(12)13(16(22)23)14(8)24-7-4-10-17-5-6-18(10)3/h5-6,8-9,11-12,20H,4,7H2,1-3H3,(H,22,23)/t8-,9?,11?,12?/m1/s1. The first-order valence-corrected chi connectivity index (χ1v) is 8.90. The van der Waals surface area contributed by atoms with Gasteiger partial charge in [-0.25, -0.2) is 9.78 Å². The summed E-state index contributed by atoms with van der Waals surface area (Å²) >= 11 is 1.47. The second kappa shape index (κ2) is 6.25. The zero-order valence-corrected chi connectivity index (χ0v) is 14.7. The van der Waals surface area contributed by atoms with Crippen LogP contribution in [0.15, 0.2) is 23.0 Å². The summed E-state index contributed by atoms with van der Waals surface area (Å²) in [4.78, 5) is 30.3. The van der Waals surface area contributed by atoms with E-state index in [1.54, 1.807) is 13.1 Å². The van der Waals surface area contributed by atoms with Crippen LogP contribution >= 0.6 is 11.8 Å². The molecule has 2 aliphatic rings. The van der Waals surface area contributed by atoms with Crippen LogP contribution in [-0.2, 0) is 23.1 Å². The number of rotatable bonds is 6. The summed E-state index contributed by atoms with van der Waals surface area (Å²) in [7, 11) is 1.92. The monoisotopic (exact) mass is 351 g/mol. The molecule has 0 radical (unpaired) electrons. The summed E-state index contributed by atoms with van der Waals surface area (Å²) in [5.41, 5.74) is 0.0826. The maximum atomic E-state index is 12.2. The second-order valence-electron chi connectivity index (χ2n) is 6.32. The molecule has 1 fully saturated rings. The number of aryl methyl sites for hydroxylation is 2. The number of carboxylic acids is 1. The van der Waals surface area contributed by atoms with E-state index >= 15 is 0 Å². The van der Waals surface area contributed by atoms with Gasteiger partial charge < -0.3 is 19.7 Å². The molecule has 0 saturated carbocycles. The van der Waals surface area contributed by atoms with Crippen LogP contribution in [0, 0.1) is 11.8 Å². The highest BCUT2D eigenvalue weighted by molar-refractivity contribution is 8.03. The fourth-order valence-corrected chi connectivity index (χ4v) is 4.83. The summed E-state index contributed by atoms with van der Waals surface area (Å²) in [5, 5.41) is 19.4. The maximum absolute atomic E-state index is 12.2. The third kappa shape index (κ3) is 2.53. The normalized spacial score (nSPS) is 27.2. The number of aromatic nitrogens is 2. The van der Waals surface area contributed by atoms with Crippen LogP contribution in [0.3, 0.4) is 0 Å². The average molecular weight is 351 g/mol. The smallest absolute Gasteiger partial charge is 0.353 e. The summed E-state index contributed by atoms with van der Waals surface area (Å²) in [6.45, 7) is 3.51. The number of aliphatic hydroxyl groups excluding tert-OH is 1. The molecule has 130 valence electrons. The predicted octanol–water partition coefficient (Wildman–Crippen LogP) is 0.849. The van der Waals surface area contributed by atoms with Crippen LogP contribution in [0.4, 0.5) is 0 Å². The largest absolute Gasteiger partial charge is 0.477 e. The fraction of sp³-hybridized carbons (Fsp3) is 0.562. The van der Waals surface area contributed by atoms with Crippen LogP contribution in [0.5, 0.6) is 0 Å². The molecule has 2 N–H and O–H groups in total. The van der Waals surface area contributed by atoms with E-state index in [4.69, 9.17) is 0 Å². The molecule has 1 aromatic heterocycles. The number of hydrogen-bond acceptors (Lipinski definition) is 5. The van der Waals surface area contributed by atoms with Gasteiger partial charge in [0.25, 0.3) is 0 Å². The fourth-order valence-electron chi connectivity index (χ4n) is 3.61. The van der Waals surface area contributed by atoms with E-state index in [0.717, 1.165) is 17.2 Å². The van der Waals surface area contributed by atoms with Gasteiger partial charge in [0.2, 0.25) is 5.91 Å². The second-order valence-corrected chi connectivity index (χ2v) is 7.46. The number of amides is 1. The highest BCUT2D eigenvalue weighted by Gasteiger charge is 2.59. The lowest BCUT2D eigenvalue weighted by atomic mass is 9.79. The zero-order valence-electron chi connectivity index (χ0n) is 13.8. The lowest BCUT2D eigenvalue weighted by Crippen LogP contribution is -2.63. The number of carbonyl (C=O) groups excluding carboxylic acids is 1. The Hall–Kier alpha value is -1.80. The highest BCUT2D eigenvalue weighted by atomic mass is 32.2. The Morgan fingerprint density at radius 1 is 1.50 bits per heavy atom. The molecule has 0 bridgehead atoms. The van der Waals surface area contributed by atoms with Crippen molar-refractivity contribution in [1.82, 2.24) is 14.5 Å². The number of carbonyl (C=O) groups is 2. The van der Waals surface area contributed by atoms with Gasteiger partial charge >= 0.3 is 5.97 Å². The zero-order chi connectivity index (χ0) is 17.6. The number of β-lactam (4-membered cyclic amide) rings is 1. The Kier molecular flexibility index (Phi) is 4.44. The molecule has 8 heteroatoms. The number of thioether (sulfide) groups is 1. The van der Waals surface area contributed by atoms with Gasteiger partial charge in [0.1, 0.15) is 11.5 Å². The first-order chi connectivity index (χ1) is 11.3. The summed E-state index contributed by atoms with van der Waals surface area (Å²) in [6, 6.07) is -0.251. The first kappa shape index (κ1) is 17.0. The highest BCUT2D eigenvalue weighted by Crippen LogP contribution is 2.50. The van der Waals surface area contributed by atoms with Gasteiger partial charge in [-0.1, -0.05) is 6.92 Å². The van der Waals surface area contributed by atoms with Crippen molar-refractivity contribution in [2.24, 2.45) is 18.9 Å². The van der Waals surface area contributed by atoms with E-state index in [-0.39, 0.29) is 23.6 Å². The molecular formula is C16H21N3O4S. The SMILES string of the molecule is CC(O)C1C(=O)N2C(C(=O)O)=C(SCCc3nccn3C)[C@H](C)C12. The Labute approximate surface area is 144 Å². The Balaban J connectivity index is 1.77. The van der Waals surface area contributed by atoms with E-state index in [1.807, 2.05) is 24.7 Å². The molecular weight excluding hydrogens is 330 g/mol. The van der Waals surface area contributed by atoms with Crippen LogP contribution in [0.1, 0.15) is 19.7 Å². The number of aliphatic carboxylic acids is 1. The Morgan fingerprint density at radius 2 is 2.21 bits per heavy atom. The number of fused-ring (bicyclic) bond motifs is 1. The topological polar surface area (TPSA) is 95.7 Å². The minimum atomic E-state index is -1.08. The molecule has 0 aliphatic carbocycles. The maximum Gasteiger partial charge on any atom is 0.353 e. The number of carboxylic acid groups (broad SMARTS) is 1. The number of aliphatic hydroxyl groups is 1. The number of imidazole rings is 1. The minimum absolute atomic E-state index is 0.0826. The van der Waals surface area contributed by atoms with E-state index in [2.05, 4.69) is 4.98 Å². The van der Waals surface area contributed by atoms with Crippen molar-refractivity contribution in [2.45, 2.75) is 32.4 Å². The number of nitrogens with zero attached hydrogens (tertiary/aromatic N) is 3. The molecule has 0 aromatic carbocycles. The van der Waals surface area contributed by atoms with Crippen LogP contribution < -0.4 is 0 Å². The Morgan fingerprint density at radius 3 is 2.75 bits per heavy atom. The van der Waals surface area contributed by atoms with Gasteiger partial charge in [-0.05, 0) is 6.92 Å². The Bertz CT molecular complexity index is 712. The van der Waals surface area contributed by atoms with Crippen molar-refractivity contribution in [3.63, 3.8) is 0 Å². The molecule has 1 aromatic rings. The predicted molar refractivity (Wildman–Crippen MR) is 89.0 cm³/mol. The van der Waals surface area contributed by atoms with Crippen molar-refractivity contribution >= 4 is 23.6 Å². The summed E-state index contributed by atoms with van der Waals surface area (Å²) in [6.07, 6.45) is 3.55. The summed E-state index contributed by atoms with van der Waals surface area (Å²) in [5.74, 6) is -0.344. The van der Waals surface area contributed by atoms with E-state index in [0.29, 0.717) is 5.75 Å². The molecule has 3 unspecified atom stereocenters. The third-order valence-electron chi connectivity index (χ3n) is 4.82. The van der Waals surface area contributed by atoms with Gasteiger partial charge in [0.15, 0.2) is 0 Å². The van der Waals surface area contributed by atoms with Gasteiger partial charge in [-0.3, -0.25) is 4.79 Å². The van der Waals surface area contributed by atoms with Crippen molar-refractivity contribution in [2.75, 3.05) is 5.75 Å². The van der Waals surface area contributed by atoms with E-state index in [9.17, 15) is 19.8 Å². The molecule has 1 saturated heterocycles. The van der Waals surface area contributed by atoms with Crippen LogP contribution in [0.2, 0.25) is 0 Å². The van der Waals surface area contributed by atoms with Gasteiger partial charge in [0, 0.05) is 42.4 Å². The van der Waals surface area contributed by atoms with Crippen LogP contribution in [-0.4, -0.2) is 54.4 Å².